The van der Waals surface area contributed by atoms with Crippen LogP contribution in [0, 0.1) is 0 Å². The van der Waals surface area contributed by atoms with Gasteiger partial charge in [-0.15, -0.1) is 0 Å². The van der Waals surface area contributed by atoms with Crippen molar-refractivity contribution in [3.05, 3.63) is 41.7 Å². The molecule has 0 saturated heterocycles. The second kappa shape index (κ2) is 3.29. The SMILES string of the molecule is CCc1cn2ccccc2c1C(C)=O. The molecule has 0 aliphatic heterocycles. The summed E-state index contributed by atoms with van der Waals surface area (Å²) in [6.45, 7) is 3.70. The van der Waals surface area contributed by atoms with Gasteiger partial charge >= 0.3 is 0 Å². The van der Waals surface area contributed by atoms with Crippen LogP contribution in [0.2, 0.25) is 0 Å². The molecule has 2 heterocycles. The summed E-state index contributed by atoms with van der Waals surface area (Å²) in [6.07, 6.45) is 4.91. The predicted octanol–water partition coefficient (Wildman–Crippen LogP) is 2.70. The molecule has 2 heteroatoms. The minimum absolute atomic E-state index is 0.149. The molecule has 2 rings (SSSR count). The first kappa shape index (κ1) is 9.00. The van der Waals surface area contributed by atoms with E-state index < -0.39 is 0 Å². The van der Waals surface area contributed by atoms with E-state index >= 15 is 0 Å². The lowest BCUT2D eigenvalue weighted by Gasteiger charge is -1.96. The molecule has 0 aliphatic rings. The van der Waals surface area contributed by atoms with Gasteiger partial charge in [0.15, 0.2) is 5.78 Å². The molecule has 0 radical (unpaired) electrons. The third kappa shape index (κ3) is 1.23. The Labute approximate surface area is 83.2 Å². The van der Waals surface area contributed by atoms with Gasteiger partial charge in [0.05, 0.1) is 5.52 Å². The zero-order chi connectivity index (χ0) is 10.1. The van der Waals surface area contributed by atoms with Crippen molar-refractivity contribution in [2.75, 3.05) is 0 Å². The molecule has 0 bridgehead atoms. The lowest BCUT2D eigenvalue weighted by Crippen LogP contribution is -1.95. The fraction of sp³-hybridized carbons (Fsp3) is 0.250. The second-order valence-electron chi connectivity index (χ2n) is 3.43. The van der Waals surface area contributed by atoms with Gasteiger partial charge in [0.1, 0.15) is 0 Å². The number of aromatic nitrogens is 1. The van der Waals surface area contributed by atoms with E-state index in [1.807, 2.05) is 35.0 Å². The van der Waals surface area contributed by atoms with Crippen LogP contribution in [-0.4, -0.2) is 10.2 Å². The quantitative estimate of drug-likeness (QED) is 0.662. The third-order valence-corrected chi connectivity index (χ3v) is 2.50. The van der Waals surface area contributed by atoms with Gasteiger partial charge in [0.25, 0.3) is 0 Å². The van der Waals surface area contributed by atoms with Crippen LogP contribution in [-0.2, 0) is 6.42 Å². The number of carbonyl (C=O) groups is 1. The number of nitrogens with zero attached hydrogens (tertiary/aromatic N) is 1. The molecular weight excluding hydrogens is 174 g/mol. The Balaban J connectivity index is 2.81. The van der Waals surface area contributed by atoms with Gasteiger partial charge in [-0.25, -0.2) is 0 Å². The van der Waals surface area contributed by atoms with Crippen molar-refractivity contribution in [2.45, 2.75) is 20.3 Å². The minimum Gasteiger partial charge on any atom is -0.323 e. The van der Waals surface area contributed by atoms with Crippen molar-refractivity contribution in [3.8, 4) is 0 Å². The normalized spacial score (nSPS) is 10.7. The molecule has 0 aromatic carbocycles. The number of fused-ring (bicyclic) bond motifs is 1. The van der Waals surface area contributed by atoms with Crippen LogP contribution in [0.5, 0.6) is 0 Å². The van der Waals surface area contributed by atoms with Gasteiger partial charge in [0.2, 0.25) is 0 Å². The first-order valence-electron chi connectivity index (χ1n) is 4.83. The summed E-state index contributed by atoms with van der Waals surface area (Å²) >= 11 is 0. The molecule has 0 spiro atoms. The lowest BCUT2D eigenvalue weighted by molar-refractivity contribution is 0.101. The summed E-state index contributed by atoms with van der Waals surface area (Å²) in [5, 5.41) is 0. The number of rotatable bonds is 2. The van der Waals surface area contributed by atoms with E-state index in [-0.39, 0.29) is 5.78 Å². The molecule has 0 amide bonds. The van der Waals surface area contributed by atoms with E-state index in [1.165, 1.54) is 0 Å². The van der Waals surface area contributed by atoms with E-state index in [0.717, 1.165) is 23.1 Å². The van der Waals surface area contributed by atoms with Crippen molar-refractivity contribution in [2.24, 2.45) is 0 Å². The highest BCUT2D eigenvalue weighted by Crippen LogP contribution is 2.19. The van der Waals surface area contributed by atoms with Gasteiger partial charge in [-0.2, -0.15) is 0 Å². The van der Waals surface area contributed by atoms with E-state index in [0.29, 0.717) is 0 Å². The van der Waals surface area contributed by atoms with E-state index in [4.69, 9.17) is 0 Å². The Morgan fingerprint density at radius 2 is 2.21 bits per heavy atom. The maximum Gasteiger partial charge on any atom is 0.162 e. The fourth-order valence-electron chi connectivity index (χ4n) is 1.85. The van der Waals surface area contributed by atoms with Crippen LogP contribution < -0.4 is 0 Å². The van der Waals surface area contributed by atoms with Crippen molar-refractivity contribution < 1.29 is 4.79 Å². The van der Waals surface area contributed by atoms with Crippen LogP contribution in [0.1, 0.15) is 29.8 Å². The maximum absolute atomic E-state index is 11.5. The predicted molar refractivity (Wildman–Crippen MR) is 56.8 cm³/mol. The molecule has 2 nitrogen and oxygen atoms in total. The van der Waals surface area contributed by atoms with Crippen molar-refractivity contribution in [1.29, 1.82) is 0 Å². The smallest absolute Gasteiger partial charge is 0.162 e. The zero-order valence-electron chi connectivity index (χ0n) is 8.45. The van der Waals surface area contributed by atoms with Gasteiger partial charge in [-0.1, -0.05) is 13.0 Å². The number of hydrogen-bond donors (Lipinski definition) is 0. The largest absolute Gasteiger partial charge is 0.323 e. The molecule has 0 N–H and O–H groups in total. The summed E-state index contributed by atoms with van der Waals surface area (Å²) in [7, 11) is 0. The number of pyridine rings is 1. The summed E-state index contributed by atoms with van der Waals surface area (Å²) in [4.78, 5) is 11.5. The first-order valence-corrected chi connectivity index (χ1v) is 4.83. The highest BCUT2D eigenvalue weighted by atomic mass is 16.1. The van der Waals surface area contributed by atoms with E-state index in [2.05, 4.69) is 6.92 Å². The van der Waals surface area contributed by atoms with Crippen LogP contribution in [0.3, 0.4) is 0 Å². The van der Waals surface area contributed by atoms with Crippen LogP contribution >= 0.6 is 0 Å². The number of Topliss-reactive ketones (excluding diaryl/α,β-unsaturated/α-hetero) is 1. The summed E-state index contributed by atoms with van der Waals surface area (Å²) in [5.41, 5.74) is 3.01. The average molecular weight is 187 g/mol. The second-order valence-corrected chi connectivity index (χ2v) is 3.43. The summed E-state index contributed by atoms with van der Waals surface area (Å²) in [5.74, 6) is 0.149. The molecule has 0 aliphatic carbocycles. The molecule has 0 unspecified atom stereocenters. The van der Waals surface area contributed by atoms with Crippen LogP contribution in [0.25, 0.3) is 5.52 Å². The Morgan fingerprint density at radius 1 is 1.43 bits per heavy atom. The molecule has 2 aromatic heterocycles. The van der Waals surface area contributed by atoms with E-state index in [9.17, 15) is 4.79 Å². The highest BCUT2D eigenvalue weighted by Gasteiger charge is 2.12. The van der Waals surface area contributed by atoms with Crippen LogP contribution in [0.4, 0.5) is 0 Å². The van der Waals surface area contributed by atoms with Crippen LogP contribution in [0.15, 0.2) is 30.6 Å². The highest BCUT2D eigenvalue weighted by molar-refractivity contribution is 6.02. The molecule has 0 fully saturated rings. The van der Waals surface area contributed by atoms with Gasteiger partial charge in [-0.3, -0.25) is 4.79 Å². The molecule has 14 heavy (non-hydrogen) atoms. The Kier molecular flexibility index (Phi) is 2.12. The number of hydrogen-bond acceptors (Lipinski definition) is 1. The Bertz CT molecular complexity index is 482. The van der Waals surface area contributed by atoms with Gasteiger partial charge in [-0.05, 0) is 31.0 Å². The maximum atomic E-state index is 11.5. The number of aryl methyl sites for hydroxylation is 1. The van der Waals surface area contributed by atoms with Gasteiger partial charge < -0.3 is 4.40 Å². The summed E-state index contributed by atoms with van der Waals surface area (Å²) in [6, 6.07) is 5.91. The third-order valence-electron chi connectivity index (χ3n) is 2.50. The monoisotopic (exact) mass is 187 g/mol. The molecule has 0 atom stereocenters. The standard InChI is InChI=1S/C12H13NO/c1-3-10-8-13-7-5-4-6-11(13)12(10)9(2)14/h4-8H,3H2,1-2H3. The molecular formula is C12H13NO. The van der Waals surface area contributed by atoms with Gasteiger partial charge in [0, 0.05) is 18.0 Å². The molecule has 2 aromatic rings. The van der Waals surface area contributed by atoms with Crippen molar-refractivity contribution in [3.63, 3.8) is 0 Å². The number of ketones is 1. The zero-order valence-corrected chi connectivity index (χ0v) is 8.45. The van der Waals surface area contributed by atoms with Crippen molar-refractivity contribution in [1.82, 2.24) is 4.40 Å². The minimum atomic E-state index is 0.149. The fourth-order valence-corrected chi connectivity index (χ4v) is 1.85. The Morgan fingerprint density at radius 3 is 2.86 bits per heavy atom. The number of carbonyl (C=O) groups excluding carboxylic acids is 1. The molecule has 72 valence electrons. The Hall–Kier alpha value is -1.57. The lowest BCUT2D eigenvalue weighted by atomic mass is 10.1. The average Bonchev–Trinajstić information content (AvgIpc) is 2.55. The summed E-state index contributed by atoms with van der Waals surface area (Å²) < 4.78 is 2.01. The van der Waals surface area contributed by atoms with E-state index in [1.54, 1.807) is 6.92 Å². The van der Waals surface area contributed by atoms with Crippen molar-refractivity contribution >= 4 is 11.3 Å². The first-order chi connectivity index (χ1) is 6.74. The topological polar surface area (TPSA) is 21.5 Å². The molecule has 0 saturated carbocycles.